The molecule has 32 heavy (non-hydrogen) atoms. The lowest BCUT2D eigenvalue weighted by Crippen LogP contribution is -2.46. The van der Waals surface area contributed by atoms with Gasteiger partial charge in [-0.05, 0) is 66.6 Å². The van der Waals surface area contributed by atoms with Gasteiger partial charge in [-0.15, -0.1) is 11.3 Å². The van der Waals surface area contributed by atoms with Crippen molar-refractivity contribution in [2.75, 3.05) is 19.6 Å². The molecular formula is C25H24Cl2N2O2S. The van der Waals surface area contributed by atoms with Crippen molar-refractivity contribution in [3.63, 3.8) is 0 Å². The maximum atomic E-state index is 13.5. The van der Waals surface area contributed by atoms with Gasteiger partial charge in [-0.1, -0.05) is 47.5 Å². The van der Waals surface area contributed by atoms with Crippen LogP contribution in [0, 0.1) is 6.92 Å². The van der Waals surface area contributed by atoms with E-state index in [1.807, 2.05) is 43.0 Å². The van der Waals surface area contributed by atoms with Gasteiger partial charge in [-0.25, -0.2) is 0 Å². The molecule has 3 aromatic rings. The van der Waals surface area contributed by atoms with Gasteiger partial charge in [0, 0.05) is 33.6 Å². The Labute approximate surface area is 202 Å². The molecule has 0 fully saturated rings. The number of rotatable bonds is 5. The van der Waals surface area contributed by atoms with Gasteiger partial charge >= 0.3 is 0 Å². The molecule has 166 valence electrons. The highest BCUT2D eigenvalue weighted by Gasteiger charge is 2.35. The van der Waals surface area contributed by atoms with Crippen LogP contribution >= 0.6 is 34.5 Å². The molecule has 0 saturated heterocycles. The number of amides is 2. The van der Waals surface area contributed by atoms with Crippen LogP contribution in [0.4, 0.5) is 0 Å². The van der Waals surface area contributed by atoms with E-state index in [-0.39, 0.29) is 24.4 Å². The van der Waals surface area contributed by atoms with E-state index in [9.17, 15) is 9.59 Å². The Hall–Kier alpha value is -2.34. The number of halogens is 2. The van der Waals surface area contributed by atoms with Crippen molar-refractivity contribution in [3.05, 3.63) is 91.1 Å². The normalized spacial score (nSPS) is 15.4. The maximum absolute atomic E-state index is 13.5. The number of nitrogens with zero attached hydrogens (tertiary/aromatic N) is 2. The lowest BCUT2D eigenvalue weighted by Gasteiger charge is -2.38. The molecule has 1 aliphatic heterocycles. The van der Waals surface area contributed by atoms with Crippen molar-refractivity contribution in [1.82, 2.24) is 9.80 Å². The number of carbonyl (C=O) groups is 2. The Kier molecular flexibility index (Phi) is 6.89. The third-order valence-corrected chi connectivity index (χ3v) is 7.47. The number of benzene rings is 2. The van der Waals surface area contributed by atoms with Gasteiger partial charge in [-0.3, -0.25) is 9.59 Å². The molecule has 2 heterocycles. The van der Waals surface area contributed by atoms with E-state index < -0.39 is 0 Å². The second kappa shape index (κ2) is 9.65. The molecule has 1 aliphatic rings. The average Bonchev–Trinajstić information content (AvgIpc) is 3.26. The molecule has 1 atom stereocenters. The molecule has 1 aromatic heterocycles. The van der Waals surface area contributed by atoms with Gasteiger partial charge in [0.25, 0.3) is 5.91 Å². The van der Waals surface area contributed by atoms with Crippen LogP contribution < -0.4 is 0 Å². The van der Waals surface area contributed by atoms with E-state index in [2.05, 4.69) is 11.4 Å². The molecule has 4 nitrogen and oxygen atoms in total. The first-order valence-corrected chi connectivity index (χ1v) is 12.2. The number of hydrogen-bond donors (Lipinski definition) is 0. The molecule has 0 bridgehead atoms. The highest BCUT2D eigenvalue weighted by Crippen LogP contribution is 2.41. The third kappa shape index (κ3) is 4.42. The topological polar surface area (TPSA) is 40.6 Å². The van der Waals surface area contributed by atoms with Gasteiger partial charge in [0.2, 0.25) is 5.91 Å². The van der Waals surface area contributed by atoms with Crippen LogP contribution in [0.15, 0.2) is 53.9 Å². The second-order valence-electron chi connectivity index (χ2n) is 7.84. The first-order chi connectivity index (χ1) is 15.4. The van der Waals surface area contributed by atoms with E-state index >= 15 is 0 Å². The summed E-state index contributed by atoms with van der Waals surface area (Å²) in [6.07, 6.45) is 0.790. The summed E-state index contributed by atoms with van der Waals surface area (Å²) in [5, 5.41) is 3.14. The first-order valence-electron chi connectivity index (χ1n) is 10.6. The van der Waals surface area contributed by atoms with Crippen LogP contribution in [0.2, 0.25) is 10.0 Å². The summed E-state index contributed by atoms with van der Waals surface area (Å²) >= 11 is 14.4. The van der Waals surface area contributed by atoms with Crippen molar-refractivity contribution in [2.45, 2.75) is 26.3 Å². The van der Waals surface area contributed by atoms with Crippen molar-refractivity contribution >= 4 is 46.4 Å². The minimum Gasteiger partial charge on any atom is -0.330 e. The summed E-state index contributed by atoms with van der Waals surface area (Å²) < 4.78 is 0. The fourth-order valence-corrected chi connectivity index (χ4v) is 5.62. The molecule has 4 rings (SSSR count). The van der Waals surface area contributed by atoms with E-state index in [1.165, 1.54) is 4.88 Å². The number of aryl methyl sites for hydroxylation is 1. The van der Waals surface area contributed by atoms with Crippen molar-refractivity contribution in [3.8, 4) is 0 Å². The number of likely N-dealkylation sites (N-methyl/N-ethyl adjacent to an activating group) is 1. The molecule has 2 amide bonds. The minimum atomic E-state index is -0.297. The molecule has 7 heteroatoms. The Morgan fingerprint density at radius 2 is 1.91 bits per heavy atom. The number of hydrogen-bond acceptors (Lipinski definition) is 3. The number of fused-ring (bicyclic) bond motifs is 1. The van der Waals surface area contributed by atoms with Crippen LogP contribution in [-0.4, -0.2) is 41.2 Å². The van der Waals surface area contributed by atoms with Gasteiger partial charge in [-0.2, -0.15) is 0 Å². The summed E-state index contributed by atoms with van der Waals surface area (Å²) in [5.41, 5.74) is 3.46. The summed E-state index contributed by atoms with van der Waals surface area (Å²) in [4.78, 5) is 31.4. The fraction of sp³-hybridized carbons (Fsp3) is 0.280. The Morgan fingerprint density at radius 3 is 2.62 bits per heavy atom. The van der Waals surface area contributed by atoms with E-state index in [0.717, 1.165) is 23.1 Å². The molecule has 0 aliphatic carbocycles. The van der Waals surface area contributed by atoms with Crippen molar-refractivity contribution < 1.29 is 9.59 Å². The molecule has 0 spiro atoms. The Morgan fingerprint density at radius 1 is 1.12 bits per heavy atom. The van der Waals surface area contributed by atoms with Crippen LogP contribution in [0.3, 0.4) is 0 Å². The number of carbonyl (C=O) groups excluding carboxylic acids is 2. The molecular weight excluding hydrogens is 463 g/mol. The zero-order valence-corrected chi connectivity index (χ0v) is 20.3. The zero-order valence-electron chi connectivity index (χ0n) is 18.0. The van der Waals surface area contributed by atoms with Crippen LogP contribution in [0.5, 0.6) is 0 Å². The second-order valence-corrected chi connectivity index (χ2v) is 9.68. The zero-order chi connectivity index (χ0) is 22.8. The lowest BCUT2D eigenvalue weighted by molar-refractivity contribution is -0.134. The van der Waals surface area contributed by atoms with Crippen LogP contribution in [-0.2, 0) is 11.2 Å². The third-order valence-electron chi connectivity index (χ3n) is 5.91. The molecule has 0 radical (unpaired) electrons. The predicted molar refractivity (Wildman–Crippen MR) is 131 cm³/mol. The van der Waals surface area contributed by atoms with E-state index in [4.69, 9.17) is 23.2 Å². The molecule has 0 N–H and O–H groups in total. The Bertz CT molecular complexity index is 1160. The highest BCUT2D eigenvalue weighted by atomic mass is 35.5. The highest BCUT2D eigenvalue weighted by molar-refractivity contribution is 7.10. The quantitative estimate of drug-likeness (QED) is 0.443. The largest absolute Gasteiger partial charge is 0.330 e. The van der Waals surface area contributed by atoms with E-state index in [0.29, 0.717) is 28.7 Å². The van der Waals surface area contributed by atoms with Crippen molar-refractivity contribution in [1.29, 1.82) is 0 Å². The number of thiophene rings is 1. The van der Waals surface area contributed by atoms with E-state index in [1.54, 1.807) is 34.4 Å². The SMILES string of the molecule is CCN(CC(=O)N1CCc2sccc2C1c1ccc(Cl)cc1Cl)C(=O)c1ccccc1C. The fourth-order valence-electron chi connectivity index (χ4n) is 4.21. The van der Waals surface area contributed by atoms with Gasteiger partial charge in [0.15, 0.2) is 0 Å². The van der Waals surface area contributed by atoms with Crippen molar-refractivity contribution in [2.24, 2.45) is 0 Å². The first kappa shape index (κ1) is 22.8. The molecule has 2 aromatic carbocycles. The van der Waals surface area contributed by atoms with Crippen LogP contribution in [0.25, 0.3) is 0 Å². The summed E-state index contributed by atoms with van der Waals surface area (Å²) in [5.74, 6) is -0.227. The minimum absolute atomic E-state index is 0.0187. The average molecular weight is 487 g/mol. The maximum Gasteiger partial charge on any atom is 0.254 e. The standard InChI is InChI=1S/C25H24Cl2N2O2S/c1-3-28(25(31)18-7-5-4-6-16(18)2)15-23(30)29-12-10-22-20(11-13-32-22)24(29)19-9-8-17(26)14-21(19)27/h4-9,11,13-14,24H,3,10,12,15H2,1-2H3. The van der Waals surface area contributed by atoms with Gasteiger partial charge < -0.3 is 9.80 Å². The lowest BCUT2D eigenvalue weighted by atomic mass is 9.93. The monoisotopic (exact) mass is 486 g/mol. The summed E-state index contributed by atoms with van der Waals surface area (Å²) in [6, 6.07) is 14.6. The summed E-state index contributed by atoms with van der Waals surface area (Å²) in [6.45, 7) is 4.84. The van der Waals surface area contributed by atoms with Crippen LogP contribution in [0.1, 0.15) is 44.9 Å². The molecule has 0 saturated carbocycles. The Balaban J connectivity index is 1.64. The van der Waals surface area contributed by atoms with Gasteiger partial charge in [0.05, 0.1) is 6.04 Å². The smallest absolute Gasteiger partial charge is 0.254 e. The van der Waals surface area contributed by atoms with Gasteiger partial charge in [0.1, 0.15) is 6.54 Å². The molecule has 1 unspecified atom stereocenters. The predicted octanol–water partition coefficient (Wildman–Crippen LogP) is 6.00. The summed E-state index contributed by atoms with van der Waals surface area (Å²) in [7, 11) is 0.